The van der Waals surface area contributed by atoms with Gasteiger partial charge in [0.25, 0.3) is 0 Å². The van der Waals surface area contributed by atoms with Crippen molar-refractivity contribution in [1.82, 2.24) is 10.2 Å². The van der Waals surface area contributed by atoms with Crippen LogP contribution in [0.2, 0.25) is 0 Å². The Balaban J connectivity index is 1.81. The van der Waals surface area contributed by atoms with E-state index in [-0.39, 0.29) is 0 Å². The zero-order valence-electron chi connectivity index (χ0n) is 13.1. The normalized spacial score (nSPS) is 21.1. The van der Waals surface area contributed by atoms with Gasteiger partial charge in [0.15, 0.2) is 0 Å². The standard InChI is InChI=1S/C17H28N2O/c1-4-12-20-17-9-7-15(8-10-17)14(2)18-13-16-6-5-11-19(16)3/h7-10,14,16,18H,4-6,11-13H2,1-3H3. The largest absolute Gasteiger partial charge is 0.494 e. The number of likely N-dealkylation sites (tertiary alicyclic amines) is 1. The molecule has 0 aromatic heterocycles. The Bertz CT molecular complexity index is 390. The van der Waals surface area contributed by atoms with Crippen molar-refractivity contribution in [2.75, 3.05) is 26.7 Å². The van der Waals surface area contributed by atoms with Crippen molar-refractivity contribution in [3.8, 4) is 5.75 Å². The van der Waals surface area contributed by atoms with Gasteiger partial charge >= 0.3 is 0 Å². The number of rotatable bonds is 7. The molecule has 2 atom stereocenters. The second kappa shape index (κ2) is 7.65. The quantitative estimate of drug-likeness (QED) is 0.827. The highest BCUT2D eigenvalue weighted by Gasteiger charge is 2.20. The van der Waals surface area contributed by atoms with Crippen LogP contribution in [0.25, 0.3) is 0 Å². The summed E-state index contributed by atoms with van der Waals surface area (Å²) in [4.78, 5) is 2.46. The molecule has 0 bridgehead atoms. The van der Waals surface area contributed by atoms with E-state index in [9.17, 15) is 0 Å². The molecule has 1 fully saturated rings. The summed E-state index contributed by atoms with van der Waals surface area (Å²) in [6, 6.07) is 9.58. The number of nitrogens with zero attached hydrogens (tertiary/aromatic N) is 1. The third-order valence-corrected chi connectivity index (χ3v) is 4.18. The van der Waals surface area contributed by atoms with Crippen molar-refractivity contribution in [3.05, 3.63) is 29.8 Å². The van der Waals surface area contributed by atoms with Gasteiger partial charge in [-0.25, -0.2) is 0 Å². The Hall–Kier alpha value is -1.06. The molecule has 1 heterocycles. The van der Waals surface area contributed by atoms with E-state index in [1.54, 1.807) is 0 Å². The summed E-state index contributed by atoms with van der Waals surface area (Å²) < 4.78 is 5.62. The first-order valence-corrected chi connectivity index (χ1v) is 7.87. The first-order valence-electron chi connectivity index (χ1n) is 7.87. The molecule has 0 saturated carbocycles. The number of nitrogens with one attached hydrogen (secondary N) is 1. The van der Waals surface area contributed by atoms with E-state index >= 15 is 0 Å². The first-order chi connectivity index (χ1) is 9.70. The second-order valence-corrected chi connectivity index (χ2v) is 5.82. The molecule has 0 spiro atoms. The predicted molar refractivity (Wildman–Crippen MR) is 84.3 cm³/mol. The maximum Gasteiger partial charge on any atom is 0.119 e. The van der Waals surface area contributed by atoms with Crippen molar-refractivity contribution in [2.45, 2.75) is 45.2 Å². The van der Waals surface area contributed by atoms with E-state index in [1.807, 2.05) is 0 Å². The molecule has 1 aromatic rings. The van der Waals surface area contributed by atoms with Crippen molar-refractivity contribution in [1.29, 1.82) is 0 Å². The lowest BCUT2D eigenvalue weighted by Gasteiger charge is -2.23. The molecule has 112 valence electrons. The van der Waals surface area contributed by atoms with Crippen LogP contribution in [0.3, 0.4) is 0 Å². The first kappa shape index (κ1) is 15.3. The van der Waals surface area contributed by atoms with Gasteiger partial charge in [0.1, 0.15) is 5.75 Å². The molecule has 2 unspecified atom stereocenters. The Morgan fingerprint density at radius 2 is 2.10 bits per heavy atom. The average molecular weight is 276 g/mol. The molecule has 1 saturated heterocycles. The Labute approximate surface area is 123 Å². The minimum absolute atomic E-state index is 0.393. The number of hydrogen-bond acceptors (Lipinski definition) is 3. The van der Waals surface area contributed by atoms with Crippen LogP contribution in [0, 0.1) is 0 Å². The van der Waals surface area contributed by atoms with E-state index in [1.165, 1.54) is 24.9 Å². The van der Waals surface area contributed by atoms with E-state index in [2.05, 4.69) is 55.4 Å². The maximum atomic E-state index is 5.62. The highest BCUT2D eigenvalue weighted by Crippen LogP contribution is 2.19. The van der Waals surface area contributed by atoms with E-state index in [0.29, 0.717) is 12.1 Å². The monoisotopic (exact) mass is 276 g/mol. The molecule has 0 aliphatic carbocycles. The minimum atomic E-state index is 0.393. The zero-order valence-corrected chi connectivity index (χ0v) is 13.1. The SMILES string of the molecule is CCCOc1ccc(C(C)NCC2CCCN2C)cc1. The van der Waals surface area contributed by atoms with E-state index in [0.717, 1.165) is 25.3 Å². The van der Waals surface area contributed by atoms with E-state index in [4.69, 9.17) is 4.74 Å². The van der Waals surface area contributed by atoms with Crippen LogP contribution in [0.5, 0.6) is 5.75 Å². The summed E-state index contributed by atoms with van der Waals surface area (Å²) in [5.74, 6) is 0.971. The average Bonchev–Trinajstić information content (AvgIpc) is 2.88. The minimum Gasteiger partial charge on any atom is -0.494 e. The van der Waals surface area contributed by atoms with Gasteiger partial charge in [-0.05, 0) is 57.5 Å². The predicted octanol–water partition coefficient (Wildman–Crippen LogP) is 3.22. The van der Waals surface area contributed by atoms with E-state index < -0.39 is 0 Å². The molecule has 0 radical (unpaired) electrons. The molecule has 3 heteroatoms. The van der Waals surface area contributed by atoms with Gasteiger partial charge < -0.3 is 15.0 Å². The van der Waals surface area contributed by atoms with Gasteiger partial charge in [0.2, 0.25) is 0 Å². The van der Waals surface area contributed by atoms with Gasteiger partial charge in [-0.15, -0.1) is 0 Å². The Morgan fingerprint density at radius 3 is 2.70 bits per heavy atom. The molecule has 0 amide bonds. The second-order valence-electron chi connectivity index (χ2n) is 5.82. The third-order valence-electron chi connectivity index (χ3n) is 4.18. The molecular weight excluding hydrogens is 248 g/mol. The third kappa shape index (κ3) is 4.22. The lowest BCUT2D eigenvalue weighted by atomic mass is 10.1. The highest BCUT2D eigenvalue weighted by atomic mass is 16.5. The summed E-state index contributed by atoms with van der Waals surface area (Å²) in [5, 5.41) is 3.65. The van der Waals surface area contributed by atoms with Crippen molar-refractivity contribution in [2.24, 2.45) is 0 Å². The molecular formula is C17H28N2O. The zero-order chi connectivity index (χ0) is 14.4. The summed E-state index contributed by atoms with van der Waals surface area (Å²) in [5.41, 5.74) is 1.33. The van der Waals surface area contributed by atoms with Gasteiger partial charge in [-0.2, -0.15) is 0 Å². The van der Waals surface area contributed by atoms with Gasteiger partial charge in [-0.3, -0.25) is 0 Å². The number of likely N-dealkylation sites (N-methyl/N-ethyl adjacent to an activating group) is 1. The van der Waals surface area contributed by atoms with Crippen LogP contribution in [0.1, 0.15) is 44.7 Å². The lowest BCUT2D eigenvalue weighted by Crippen LogP contribution is -2.36. The van der Waals surface area contributed by atoms with Crippen molar-refractivity contribution >= 4 is 0 Å². The lowest BCUT2D eigenvalue weighted by molar-refractivity contribution is 0.293. The fourth-order valence-corrected chi connectivity index (χ4v) is 2.74. The summed E-state index contributed by atoms with van der Waals surface area (Å²) in [7, 11) is 2.23. The molecule has 20 heavy (non-hydrogen) atoms. The van der Waals surface area contributed by atoms with Crippen LogP contribution >= 0.6 is 0 Å². The van der Waals surface area contributed by atoms with Crippen molar-refractivity contribution < 1.29 is 4.74 Å². The molecule has 1 aliphatic heterocycles. The number of benzene rings is 1. The maximum absolute atomic E-state index is 5.62. The fourth-order valence-electron chi connectivity index (χ4n) is 2.74. The Kier molecular flexibility index (Phi) is 5.86. The summed E-state index contributed by atoms with van der Waals surface area (Å²) >= 11 is 0. The van der Waals surface area contributed by atoms with Gasteiger partial charge in [-0.1, -0.05) is 19.1 Å². The van der Waals surface area contributed by atoms with Crippen molar-refractivity contribution in [3.63, 3.8) is 0 Å². The topological polar surface area (TPSA) is 24.5 Å². The highest BCUT2D eigenvalue weighted by molar-refractivity contribution is 5.28. The summed E-state index contributed by atoms with van der Waals surface area (Å²) in [6.07, 6.45) is 3.70. The number of ether oxygens (including phenoxy) is 1. The Morgan fingerprint density at radius 1 is 1.35 bits per heavy atom. The molecule has 1 N–H and O–H groups in total. The molecule has 1 aromatic carbocycles. The van der Waals surface area contributed by atoms with Crippen LogP contribution in [0.15, 0.2) is 24.3 Å². The number of hydrogen-bond donors (Lipinski definition) is 1. The fraction of sp³-hybridized carbons (Fsp3) is 0.647. The van der Waals surface area contributed by atoms with Crippen LogP contribution in [-0.4, -0.2) is 37.7 Å². The summed E-state index contributed by atoms with van der Waals surface area (Å²) in [6.45, 7) is 7.47. The van der Waals surface area contributed by atoms with Crippen LogP contribution < -0.4 is 10.1 Å². The molecule has 1 aliphatic rings. The smallest absolute Gasteiger partial charge is 0.119 e. The van der Waals surface area contributed by atoms with Crippen LogP contribution in [-0.2, 0) is 0 Å². The van der Waals surface area contributed by atoms with Crippen LogP contribution in [0.4, 0.5) is 0 Å². The van der Waals surface area contributed by atoms with Gasteiger partial charge in [0.05, 0.1) is 6.61 Å². The molecule has 3 nitrogen and oxygen atoms in total. The molecule has 2 rings (SSSR count). The van der Waals surface area contributed by atoms with Gasteiger partial charge in [0, 0.05) is 18.6 Å².